The Hall–Kier alpha value is -1.71. The van der Waals surface area contributed by atoms with E-state index in [0.717, 1.165) is 17.9 Å². The maximum Gasteiger partial charge on any atom is 0.220 e. The molecule has 0 aliphatic heterocycles. The number of carbonyl (C=O) groups excluding carboxylic acids is 1. The summed E-state index contributed by atoms with van der Waals surface area (Å²) in [4.78, 5) is 12.5. The van der Waals surface area contributed by atoms with Gasteiger partial charge >= 0.3 is 0 Å². The SMILES string of the molecule is COc1ccc(CCC(=O)NC2CC3CCC2(C)C3(C)C)cc1OC. The molecule has 2 fully saturated rings. The number of fused-ring (bicyclic) bond motifs is 2. The molecule has 2 bridgehead atoms. The highest BCUT2D eigenvalue weighted by Crippen LogP contribution is 2.65. The molecule has 3 atom stereocenters. The Labute approximate surface area is 151 Å². The van der Waals surface area contributed by atoms with E-state index in [-0.39, 0.29) is 11.3 Å². The Kier molecular flexibility index (Phi) is 4.74. The van der Waals surface area contributed by atoms with Crippen LogP contribution in [0.4, 0.5) is 0 Å². The van der Waals surface area contributed by atoms with Crippen LogP contribution in [0.1, 0.15) is 52.0 Å². The van der Waals surface area contributed by atoms with Crippen molar-refractivity contribution >= 4 is 5.91 Å². The molecule has 1 aromatic rings. The summed E-state index contributed by atoms with van der Waals surface area (Å²) in [7, 11) is 3.26. The molecule has 1 aromatic carbocycles. The zero-order valence-corrected chi connectivity index (χ0v) is 16.1. The molecule has 0 saturated heterocycles. The first-order chi connectivity index (χ1) is 11.8. The molecule has 4 heteroatoms. The van der Waals surface area contributed by atoms with E-state index >= 15 is 0 Å². The Morgan fingerprint density at radius 3 is 2.48 bits per heavy atom. The third-order valence-electron chi connectivity index (χ3n) is 7.22. The van der Waals surface area contributed by atoms with Crippen molar-refractivity contribution in [3.05, 3.63) is 23.8 Å². The number of benzene rings is 1. The molecule has 0 radical (unpaired) electrons. The van der Waals surface area contributed by atoms with Gasteiger partial charge in [0.15, 0.2) is 11.5 Å². The summed E-state index contributed by atoms with van der Waals surface area (Å²) in [5.41, 5.74) is 1.65. The van der Waals surface area contributed by atoms with Crippen LogP contribution < -0.4 is 14.8 Å². The van der Waals surface area contributed by atoms with Gasteiger partial charge in [-0.3, -0.25) is 4.79 Å². The van der Waals surface area contributed by atoms with Crippen LogP contribution in [0.3, 0.4) is 0 Å². The van der Waals surface area contributed by atoms with Crippen molar-refractivity contribution < 1.29 is 14.3 Å². The molecule has 0 aromatic heterocycles. The summed E-state index contributed by atoms with van der Waals surface area (Å²) in [6.45, 7) is 7.11. The second-order valence-electron chi connectivity index (χ2n) is 8.42. The quantitative estimate of drug-likeness (QED) is 0.849. The van der Waals surface area contributed by atoms with E-state index in [9.17, 15) is 4.79 Å². The molecule has 1 N–H and O–H groups in total. The van der Waals surface area contributed by atoms with Crippen molar-refractivity contribution in [2.45, 2.75) is 58.9 Å². The smallest absolute Gasteiger partial charge is 0.220 e. The maximum atomic E-state index is 12.5. The molecule has 2 saturated carbocycles. The van der Waals surface area contributed by atoms with Crippen molar-refractivity contribution in [2.75, 3.05) is 14.2 Å². The largest absolute Gasteiger partial charge is 0.493 e. The number of hydrogen-bond acceptors (Lipinski definition) is 3. The number of amides is 1. The molecule has 3 unspecified atom stereocenters. The van der Waals surface area contributed by atoms with Gasteiger partial charge in [-0.1, -0.05) is 26.8 Å². The molecule has 0 spiro atoms. The number of methoxy groups -OCH3 is 2. The van der Waals surface area contributed by atoms with E-state index in [1.54, 1.807) is 14.2 Å². The molecule has 25 heavy (non-hydrogen) atoms. The lowest BCUT2D eigenvalue weighted by Crippen LogP contribution is -2.46. The van der Waals surface area contributed by atoms with Crippen molar-refractivity contribution in [1.29, 1.82) is 0 Å². The molecule has 0 heterocycles. The van der Waals surface area contributed by atoms with Gasteiger partial charge in [-0.2, -0.15) is 0 Å². The van der Waals surface area contributed by atoms with Gasteiger partial charge in [0, 0.05) is 12.5 Å². The third kappa shape index (κ3) is 3.00. The van der Waals surface area contributed by atoms with Gasteiger partial charge < -0.3 is 14.8 Å². The molecule has 138 valence electrons. The van der Waals surface area contributed by atoms with Crippen molar-refractivity contribution in [2.24, 2.45) is 16.7 Å². The average molecular weight is 345 g/mol. The van der Waals surface area contributed by atoms with E-state index in [1.807, 2.05) is 18.2 Å². The highest BCUT2D eigenvalue weighted by atomic mass is 16.5. The normalized spacial score (nSPS) is 29.5. The van der Waals surface area contributed by atoms with E-state index in [4.69, 9.17) is 9.47 Å². The number of rotatable bonds is 6. The highest BCUT2D eigenvalue weighted by Gasteiger charge is 2.61. The lowest BCUT2D eigenvalue weighted by molar-refractivity contribution is -0.122. The van der Waals surface area contributed by atoms with Crippen molar-refractivity contribution in [1.82, 2.24) is 5.32 Å². The van der Waals surface area contributed by atoms with Gasteiger partial charge in [0.1, 0.15) is 0 Å². The summed E-state index contributed by atoms with van der Waals surface area (Å²) >= 11 is 0. The van der Waals surface area contributed by atoms with E-state index < -0.39 is 0 Å². The van der Waals surface area contributed by atoms with Gasteiger partial charge in [0.2, 0.25) is 5.91 Å². The Morgan fingerprint density at radius 1 is 1.20 bits per heavy atom. The minimum Gasteiger partial charge on any atom is -0.493 e. The van der Waals surface area contributed by atoms with E-state index in [2.05, 4.69) is 26.1 Å². The predicted molar refractivity (Wildman–Crippen MR) is 99.0 cm³/mol. The number of hydrogen-bond donors (Lipinski definition) is 1. The molecule has 3 rings (SSSR count). The molecule has 2 aliphatic carbocycles. The van der Waals surface area contributed by atoms with Gasteiger partial charge in [-0.05, 0) is 60.1 Å². The lowest BCUT2D eigenvalue weighted by atomic mass is 9.69. The first-order valence-corrected chi connectivity index (χ1v) is 9.32. The van der Waals surface area contributed by atoms with Crippen LogP contribution in [0, 0.1) is 16.7 Å². The number of aryl methyl sites for hydroxylation is 1. The first-order valence-electron chi connectivity index (χ1n) is 9.32. The zero-order valence-electron chi connectivity index (χ0n) is 16.1. The van der Waals surface area contributed by atoms with Crippen LogP contribution in [0.15, 0.2) is 18.2 Å². The van der Waals surface area contributed by atoms with Crippen molar-refractivity contribution in [3.63, 3.8) is 0 Å². The Morgan fingerprint density at radius 2 is 1.92 bits per heavy atom. The molecular formula is C21H31NO3. The lowest BCUT2D eigenvalue weighted by Gasteiger charge is -2.39. The zero-order chi connectivity index (χ0) is 18.2. The summed E-state index contributed by atoms with van der Waals surface area (Å²) in [5.74, 6) is 2.33. The van der Waals surface area contributed by atoms with Gasteiger partial charge in [-0.25, -0.2) is 0 Å². The van der Waals surface area contributed by atoms with Crippen LogP contribution in [0.25, 0.3) is 0 Å². The summed E-state index contributed by atoms with van der Waals surface area (Å²) < 4.78 is 10.6. The highest BCUT2D eigenvalue weighted by molar-refractivity contribution is 5.76. The summed E-state index contributed by atoms with van der Waals surface area (Å²) in [6, 6.07) is 6.16. The standard InChI is InChI=1S/C21H31NO3/c1-20(2)15-10-11-21(20,3)18(13-15)22-19(23)9-7-14-6-8-16(24-4)17(12-14)25-5/h6,8,12,15,18H,7,9-11,13H2,1-5H3,(H,22,23). The minimum atomic E-state index is 0.157. The van der Waals surface area contributed by atoms with E-state index in [0.29, 0.717) is 35.8 Å². The van der Waals surface area contributed by atoms with Gasteiger partial charge in [0.05, 0.1) is 14.2 Å². The number of nitrogens with one attached hydrogen (secondary N) is 1. The fraction of sp³-hybridized carbons (Fsp3) is 0.667. The molecule has 2 aliphatic rings. The Bertz CT molecular complexity index is 655. The van der Waals surface area contributed by atoms with Crippen LogP contribution in [-0.4, -0.2) is 26.2 Å². The van der Waals surface area contributed by atoms with Crippen molar-refractivity contribution in [3.8, 4) is 11.5 Å². The van der Waals surface area contributed by atoms with Gasteiger partial charge in [0.25, 0.3) is 0 Å². The van der Waals surface area contributed by atoms with Crippen LogP contribution in [0.2, 0.25) is 0 Å². The van der Waals surface area contributed by atoms with Gasteiger partial charge in [-0.15, -0.1) is 0 Å². The average Bonchev–Trinajstić information content (AvgIpc) is 2.93. The van der Waals surface area contributed by atoms with Crippen LogP contribution in [0.5, 0.6) is 11.5 Å². The monoisotopic (exact) mass is 345 g/mol. The fourth-order valence-electron chi connectivity index (χ4n) is 4.98. The maximum absolute atomic E-state index is 12.5. The number of ether oxygens (including phenoxy) is 2. The van der Waals surface area contributed by atoms with E-state index in [1.165, 1.54) is 12.8 Å². The molecule has 1 amide bonds. The van der Waals surface area contributed by atoms with Crippen LogP contribution >= 0.6 is 0 Å². The number of carbonyl (C=O) groups is 1. The minimum absolute atomic E-state index is 0.157. The predicted octanol–water partition coefficient (Wildman–Crippen LogP) is 3.97. The second-order valence-corrected chi connectivity index (χ2v) is 8.42. The Balaban J connectivity index is 1.58. The topological polar surface area (TPSA) is 47.6 Å². The van der Waals surface area contributed by atoms with Crippen LogP contribution in [-0.2, 0) is 11.2 Å². The second kappa shape index (κ2) is 6.54. The first kappa shape index (κ1) is 18.1. The molecule has 4 nitrogen and oxygen atoms in total. The third-order valence-corrected chi connectivity index (χ3v) is 7.22. The molecular weight excluding hydrogens is 314 g/mol. The fourth-order valence-corrected chi connectivity index (χ4v) is 4.98. The summed E-state index contributed by atoms with van der Waals surface area (Å²) in [5, 5.41) is 3.33. The summed E-state index contributed by atoms with van der Waals surface area (Å²) in [6.07, 6.45) is 4.88.